The maximum Gasteiger partial charge on any atom is 0.229 e. The Labute approximate surface area is 111 Å². The van der Waals surface area contributed by atoms with Gasteiger partial charge in [0.15, 0.2) is 0 Å². The largest absolute Gasteiger partial charge is 0.341 e. The molecule has 1 unspecified atom stereocenters. The average Bonchev–Trinajstić information content (AvgIpc) is 2.42. The number of rotatable bonds is 2. The molecule has 0 radical (unpaired) electrons. The zero-order valence-corrected chi connectivity index (χ0v) is 12.0. The van der Waals surface area contributed by atoms with Crippen molar-refractivity contribution in [2.24, 2.45) is 11.3 Å². The van der Waals surface area contributed by atoms with E-state index < -0.39 is 0 Å². The standard InChI is InChI=1S/C14H27N3O/c1-14(2)11-15-6-8-17(13(14)18)10-12-5-4-7-16(3)9-12/h12,15H,4-11H2,1-3H3. The minimum absolute atomic E-state index is 0.253. The summed E-state index contributed by atoms with van der Waals surface area (Å²) < 4.78 is 0. The lowest BCUT2D eigenvalue weighted by Gasteiger charge is -2.35. The van der Waals surface area contributed by atoms with Crippen LogP contribution in [0.25, 0.3) is 0 Å². The van der Waals surface area contributed by atoms with Crippen molar-refractivity contribution in [3.8, 4) is 0 Å². The van der Waals surface area contributed by atoms with Crippen LogP contribution in [0.3, 0.4) is 0 Å². The molecule has 4 heteroatoms. The van der Waals surface area contributed by atoms with Crippen molar-refractivity contribution >= 4 is 5.91 Å². The average molecular weight is 253 g/mol. The predicted molar refractivity (Wildman–Crippen MR) is 73.5 cm³/mol. The molecule has 104 valence electrons. The summed E-state index contributed by atoms with van der Waals surface area (Å²) in [5, 5.41) is 3.37. The van der Waals surface area contributed by atoms with Crippen LogP contribution in [0.5, 0.6) is 0 Å². The topological polar surface area (TPSA) is 35.6 Å². The van der Waals surface area contributed by atoms with Crippen LogP contribution in [0.15, 0.2) is 0 Å². The minimum Gasteiger partial charge on any atom is -0.341 e. The summed E-state index contributed by atoms with van der Waals surface area (Å²) in [5.74, 6) is 0.974. The van der Waals surface area contributed by atoms with E-state index in [1.54, 1.807) is 0 Å². The van der Waals surface area contributed by atoms with Crippen LogP contribution in [0, 0.1) is 11.3 Å². The SMILES string of the molecule is CN1CCCC(CN2CCNCC(C)(C)C2=O)C1. The highest BCUT2D eigenvalue weighted by Crippen LogP contribution is 2.23. The van der Waals surface area contributed by atoms with E-state index in [0.29, 0.717) is 11.8 Å². The van der Waals surface area contributed by atoms with Gasteiger partial charge in [-0.15, -0.1) is 0 Å². The Morgan fingerprint density at radius 1 is 1.39 bits per heavy atom. The molecule has 1 amide bonds. The summed E-state index contributed by atoms with van der Waals surface area (Å²) in [7, 11) is 2.18. The van der Waals surface area contributed by atoms with Crippen LogP contribution < -0.4 is 5.32 Å². The highest BCUT2D eigenvalue weighted by atomic mass is 16.2. The van der Waals surface area contributed by atoms with E-state index in [0.717, 1.165) is 32.7 Å². The molecule has 4 nitrogen and oxygen atoms in total. The van der Waals surface area contributed by atoms with Crippen molar-refractivity contribution in [1.29, 1.82) is 0 Å². The van der Waals surface area contributed by atoms with Crippen LogP contribution >= 0.6 is 0 Å². The molecule has 2 aliphatic heterocycles. The normalized spacial score (nSPS) is 30.3. The third-order valence-electron chi connectivity index (χ3n) is 4.19. The van der Waals surface area contributed by atoms with Gasteiger partial charge in [0.25, 0.3) is 0 Å². The fraction of sp³-hybridized carbons (Fsp3) is 0.929. The Morgan fingerprint density at radius 2 is 2.17 bits per heavy atom. The number of carbonyl (C=O) groups is 1. The van der Waals surface area contributed by atoms with E-state index in [2.05, 4.69) is 22.2 Å². The van der Waals surface area contributed by atoms with Gasteiger partial charge in [-0.3, -0.25) is 4.79 Å². The van der Waals surface area contributed by atoms with Gasteiger partial charge in [0.05, 0.1) is 5.41 Å². The molecule has 2 aliphatic rings. The maximum atomic E-state index is 12.5. The van der Waals surface area contributed by atoms with E-state index in [1.807, 2.05) is 13.8 Å². The van der Waals surface area contributed by atoms with E-state index in [-0.39, 0.29) is 5.41 Å². The monoisotopic (exact) mass is 253 g/mol. The Balaban J connectivity index is 1.96. The molecule has 0 bridgehead atoms. The Hall–Kier alpha value is -0.610. The molecule has 2 rings (SSSR count). The number of nitrogens with one attached hydrogen (secondary N) is 1. The lowest BCUT2D eigenvalue weighted by Crippen LogP contribution is -2.46. The quantitative estimate of drug-likeness (QED) is 0.790. The summed E-state index contributed by atoms with van der Waals surface area (Å²) >= 11 is 0. The fourth-order valence-electron chi connectivity index (χ4n) is 3.13. The van der Waals surface area contributed by atoms with Gasteiger partial charge >= 0.3 is 0 Å². The maximum absolute atomic E-state index is 12.5. The van der Waals surface area contributed by atoms with Crippen molar-refractivity contribution in [2.75, 3.05) is 46.3 Å². The number of hydrogen-bond donors (Lipinski definition) is 1. The molecule has 0 aromatic rings. The van der Waals surface area contributed by atoms with Crippen molar-refractivity contribution < 1.29 is 4.79 Å². The molecule has 1 N–H and O–H groups in total. The second-order valence-electron chi connectivity index (χ2n) is 6.58. The first-order chi connectivity index (χ1) is 8.49. The van der Waals surface area contributed by atoms with Crippen LogP contribution in [-0.2, 0) is 4.79 Å². The molecule has 2 heterocycles. The first-order valence-electron chi connectivity index (χ1n) is 7.18. The molecule has 0 aromatic carbocycles. The van der Waals surface area contributed by atoms with Gasteiger partial charge in [-0.1, -0.05) is 0 Å². The smallest absolute Gasteiger partial charge is 0.229 e. The molecule has 0 spiro atoms. The second-order valence-corrected chi connectivity index (χ2v) is 6.58. The van der Waals surface area contributed by atoms with Crippen LogP contribution in [-0.4, -0.2) is 62.0 Å². The molecule has 1 atom stereocenters. The van der Waals surface area contributed by atoms with E-state index in [9.17, 15) is 4.79 Å². The van der Waals surface area contributed by atoms with Gasteiger partial charge in [-0.2, -0.15) is 0 Å². The Morgan fingerprint density at radius 3 is 2.89 bits per heavy atom. The van der Waals surface area contributed by atoms with Gasteiger partial charge in [0, 0.05) is 32.7 Å². The number of likely N-dealkylation sites (tertiary alicyclic amines) is 1. The third-order valence-corrected chi connectivity index (χ3v) is 4.19. The number of carbonyl (C=O) groups excluding carboxylic acids is 1. The van der Waals surface area contributed by atoms with Crippen molar-refractivity contribution in [1.82, 2.24) is 15.1 Å². The van der Waals surface area contributed by atoms with Crippen LogP contribution in [0.2, 0.25) is 0 Å². The molecule has 18 heavy (non-hydrogen) atoms. The van der Waals surface area contributed by atoms with Crippen molar-refractivity contribution in [3.63, 3.8) is 0 Å². The van der Waals surface area contributed by atoms with E-state index in [4.69, 9.17) is 0 Å². The van der Waals surface area contributed by atoms with Gasteiger partial charge in [0.2, 0.25) is 5.91 Å². The summed E-state index contributed by atoms with van der Waals surface area (Å²) in [6.45, 7) is 9.97. The Kier molecular flexibility index (Phi) is 4.28. The first-order valence-corrected chi connectivity index (χ1v) is 7.18. The highest BCUT2D eigenvalue weighted by molar-refractivity contribution is 5.82. The number of nitrogens with zero attached hydrogens (tertiary/aromatic N) is 2. The molecule has 0 saturated carbocycles. The third kappa shape index (κ3) is 3.23. The Bertz CT molecular complexity index is 303. The molecule has 2 saturated heterocycles. The van der Waals surface area contributed by atoms with E-state index in [1.165, 1.54) is 19.4 Å². The molecular weight excluding hydrogens is 226 g/mol. The molecule has 0 aliphatic carbocycles. The highest BCUT2D eigenvalue weighted by Gasteiger charge is 2.35. The predicted octanol–water partition coefficient (Wildman–Crippen LogP) is 0.786. The number of piperidine rings is 1. The van der Waals surface area contributed by atoms with Gasteiger partial charge < -0.3 is 15.1 Å². The zero-order chi connectivity index (χ0) is 13.2. The summed E-state index contributed by atoms with van der Waals surface area (Å²) in [5.41, 5.74) is -0.253. The summed E-state index contributed by atoms with van der Waals surface area (Å²) in [6.07, 6.45) is 2.53. The minimum atomic E-state index is -0.253. The van der Waals surface area contributed by atoms with Crippen LogP contribution in [0.4, 0.5) is 0 Å². The van der Waals surface area contributed by atoms with Gasteiger partial charge in [0.1, 0.15) is 0 Å². The van der Waals surface area contributed by atoms with Gasteiger partial charge in [-0.25, -0.2) is 0 Å². The number of amides is 1. The van der Waals surface area contributed by atoms with Crippen molar-refractivity contribution in [3.05, 3.63) is 0 Å². The lowest BCUT2D eigenvalue weighted by molar-refractivity contribution is -0.139. The number of hydrogen-bond acceptors (Lipinski definition) is 3. The fourth-order valence-corrected chi connectivity index (χ4v) is 3.13. The zero-order valence-electron chi connectivity index (χ0n) is 12.0. The summed E-state index contributed by atoms with van der Waals surface area (Å²) in [4.78, 5) is 17.0. The summed E-state index contributed by atoms with van der Waals surface area (Å²) in [6, 6.07) is 0. The molecule has 2 fully saturated rings. The van der Waals surface area contributed by atoms with Gasteiger partial charge in [-0.05, 0) is 46.2 Å². The van der Waals surface area contributed by atoms with Crippen LogP contribution in [0.1, 0.15) is 26.7 Å². The first kappa shape index (κ1) is 13.8. The lowest BCUT2D eigenvalue weighted by atomic mass is 9.91. The van der Waals surface area contributed by atoms with Crippen molar-refractivity contribution in [2.45, 2.75) is 26.7 Å². The molecular formula is C14H27N3O. The second kappa shape index (κ2) is 5.57. The van der Waals surface area contributed by atoms with E-state index >= 15 is 0 Å². The molecule has 0 aromatic heterocycles.